The fraction of sp³-hybridized carbons (Fsp3) is 0.316. The third-order valence-corrected chi connectivity index (χ3v) is 3.70. The van der Waals surface area contributed by atoms with Crippen LogP contribution in [0.2, 0.25) is 0 Å². The van der Waals surface area contributed by atoms with Crippen molar-refractivity contribution in [3.63, 3.8) is 0 Å². The van der Waals surface area contributed by atoms with Crippen LogP contribution < -0.4 is 20.1 Å². The molecule has 1 atom stereocenters. The van der Waals surface area contributed by atoms with Gasteiger partial charge in [0.1, 0.15) is 11.5 Å². The van der Waals surface area contributed by atoms with E-state index in [0.29, 0.717) is 17.2 Å². The van der Waals surface area contributed by atoms with E-state index in [-0.39, 0.29) is 12.1 Å². The number of urea groups is 1. The van der Waals surface area contributed by atoms with Crippen LogP contribution in [0.1, 0.15) is 18.9 Å². The van der Waals surface area contributed by atoms with E-state index in [1.807, 2.05) is 25.1 Å². The minimum atomic E-state index is -0.245. The number of ether oxygens (including phenoxy) is 2. The second kappa shape index (κ2) is 8.82. The molecule has 2 aromatic rings. The molecule has 0 aliphatic heterocycles. The van der Waals surface area contributed by atoms with Crippen LogP contribution in [0.5, 0.6) is 11.5 Å². The smallest absolute Gasteiger partial charge is 0.319 e. The summed E-state index contributed by atoms with van der Waals surface area (Å²) in [5.41, 5.74) is 1.89. The highest BCUT2D eigenvalue weighted by Gasteiger charge is 2.09. The Hall–Kier alpha value is -2.69. The fourth-order valence-electron chi connectivity index (χ4n) is 2.37. The third kappa shape index (κ3) is 5.50. The Bertz CT molecular complexity index is 637. The van der Waals surface area contributed by atoms with Gasteiger partial charge < -0.3 is 20.1 Å². The van der Waals surface area contributed by atoms with E-state index in [0.717, 1.165) is 12.8 Å². The molecule has 0 saturated carbocycles. The molecule has 5 heteroatoms. The number of methoxy groups -OCH3 is 2. The van der Waals surface area contributed by atoms with Gasteiger partial charge in [0, 0.05) is 29.9 Å². The molecule has 2 aromatic carbocycles. The zero-order chi connectivity index (χ0) is 17.4. The van der Waals surface area contributed by atoms with Crippen LogP contribution in [-0.4, -0.2) is 26.3 Å². The van der Waals surface area contributed by atoms with Crippen molar-refractivity contribution in [2.45, 2.75) is 25.8 Å². The second-order valence-electron chi connectivity index (χ2n) is 5.63. The highest BCUT2D eigenvalue weighted by Crippen LogP contribution is 2.25. The number of anilines is 1. The summed E-state index contributed by atoms with van der Waals surface area (Å²) in [4.78, 5) is 12.1. The average molecular weight is 328 g/mol. The summed E-state index contributed by atoms with van der Waals surface area (Å²) in [5, 5.41) is 5.75. The van der Waals surface area contributed by atoms with Crippen molar-refractivity contribution in [3.05, 3.63) is 54.1 Å². The molecule has 0 spiro atoms. The van der Waals surface area contributed by atoms with Gasteiger partial charge >= 0.3 is 6.03 Å². The van der Waals surface area contributed by atoms with E-state index >= 15 is 0 Å². The lowest BCUT2D eigenvalue weighted by Crippen LogP contribution is -2.36. The van der Waals surface area contributed by atoms with Gasteiger partial charge in [0.05, 0.1) is 14.2 Å². The number of hydrogen-bond acceptors (Lipinski definition) is 3. The van der Waals surface area contributed by atoms with Crippen LogP contribution in [0.25, 0.3) is 0 Å². The SMILES string of the molecule is COc1cc(NC(=O)N[C@H](C)CCc2ccccc2)cc(OC)c1. The molecule has 24 heavy (non-hydrogen) atoms. The molecule has 0 bridgehead atoms. The Morgan fingerprint density at radius 3 is 2.25 bits per heavy atom. The minimum Gasteiger partial charge on any atom is -0.497 e. The lowest BCUT2D eigenvalue weighted by Gasteiger charge is -2.15. The summed E-state index contributed by atoms with van der Waals surface area (Å²) in [7, 11) is 3.15. The summed E-state index contributed by atoms with van der Waals surface area (Å²) >= 11 is 0. The number of benzene rings is 2. The average Bonchev–Trinajstić information content (AvgIpc) is 2.60. The molecule has 128 valence electrons. The summed E-state index contributed by atoms with van der Waals surface area (Å²) in [6.45, 7) is 1.99. The summed E-state index contributed by atoms with van der Waals surface area (Å²) in [5.74, 6) is 1.25. The van der Waals surface area contributed by atoms with Gasteiger partial charge in [-0.1, -0.05) is 30.3 Å². The third-order valence-electron chi connectivity index (χ3n) is 3.70. The second-order valence-corrected chi connectivity index (χ2v) is 5.63. The topological polar surface area (TPSA) is 59.6 Å². The van der Waals surface area contributed by atoms with E-state index < -0.39 is 0 Å². The monoisotopic (exact) mass is 328 g/mol. The first-order valence-corrected chi connectivity index (χ1v) is 7.95. The molecule has 0 aromatic heterocycles. The molecule has 0 radical (unpaired) electrons. The van der Waals surface area contributed by atoms with Crippen LogP contribution in [0.3, 0.4) is 0 Å². The number of carbonyl (C=O) groups excluding carboxylic acids is 1. The van der Waals surface area contributed by atoms with Gasteiger partial charge in [-0.25, -0.2) is 4.79 Å². The van der Waals surface area contributed by atoms with Crippen molar-refractivity contribution >= 4 is 11.7 Å². The zero-order valence-electron chi connectivity index (χ0n) is 14.3. The molecule has 0 aliphatic rings. The molecular weight excluding hydrogens is 304 g/mol. The van der Waals surface area contributed by atoms with E-state index in [1.54, 1.807) is 32.4 Å². The molecule has 0 heterocycles. The van der Waals surface area contributed by atoms with E-state index in [2.05, 4.69) is 22.8 Å². The predicted octanol–water partition coefficient (Wildman–Crippen LogP) is 3.85. The molecule has 2 N–H and O–H groups in total. The number of nitrogens with one attached hydrogen (secondary N) is 2. The Morgan fingerprint density at radius 2 is 1.67 bits per heavy atom. The highest BCUT2D eigenvalue weighted by molar-refractivity contribution is 5.89. The van der Waals surface area contributed by atoms with Crippen LogP contribution in [-0.2, 0) is 6.42 Å². The molecule has 0 saturated heterocycles. The van der Waals surface area contributed by atoms with Crippen LogP contribution in [0, 0.1) is 0 Å². The summed E-state index contributed by atoms with van der Waals surface area (Å²) in [6.07, 6.45) is 1.80. The maximum absolute atomic E-state index is 12.1. The van der Waals surface area contributed by atoms with Crippen molar-refractivity contribution in [1.29, 1.82) is 0 Å². The molecule has 2 amide bonds. The van der Waals surface area contributed by atoms with E-state index in [1.165, 1.54) is 5.56 Å². The fourth-order valence-corrected chi connectivity index (χ4v) is 2.37. The van der Waals surface area contributed by atoms with E-state index in [4.69, 9.17) is 9.47 Å². The van der Waals surface area contributed by atoms with Crippen molar-refractivity contribution in [1.82, 2.24) is 5.32 Å². The molecule has 2 rings (SSSR count). The van der Waals surface area contributed by atoms with Crippen LogP contribution in [0.4, 0.5) is 10.5 Å². The van der Waals surface area contributed by atoms with Gasteiger partial charge in [-0.15, -0.1) is 0 Å². The Balaban J connectivity index is 1.86. The van der Waals surface area contributed by atoms with Gasteiger partial charge in [-0.05, 0) is 25.3 Å². The molecule has 0 fully saturated rings. The van der Waals surface area contributed by atoms with Crippen molar-refractivity contribution in [2.24, 2.45) is 0 Å². The number of hydrogen-bond donors (Lipinski definition) is 2. The van der Waals surface area contributed by atoms with Gasteiger partial charge in [-0.3, -0.25) is 0 Å². The maximum Gasteiger partial charge on any atom is 0.319 e. The summed E-state index contributed by atoms with van der Waals surface area (Å²) in [6, 6.07) is 15.3. The lowest BCUT2D eigenvalue weighted by atomic mass is 10.1. The highest BCUT2D eigenvalue weighted by atomic mass is 16.5. The number of amides is 2. The first-order chi connectivity index (χ1) is 11.6. The normalized spacial score (nSPS) is 11.5. The maximum atomic E-state index is 12.1. The van der Waals surface area contributed by atoms with Gasteiger partial charge in [0.15, 0.2) is 0 Å². The Morgan fingerprint density at radius 1 is 1.04 bits per heavy atom. The Kier molecular flexibility index (Phi) is 6.49. The number of aryl methyl sites for hydroxylation is 1. The molecular formula is C19H24N2O3. The molecule has 0 unspecified atom stereocenters. The number of carbonyl (C=O) groups is 1. The zero-order valence-corrected chi connectivity index (χ0v) is 14.3. The lowest BCUT2D eigenvalue weighted by molar-refractivity contribution is 0.248. The Labute approximate surface area is 143 Å². The van der Waals surface area contributed by atoms with Crippen molar-refractivity contribution in [3.8, 4) is 11.5 Å². The molecule has 0 aliphatic carbocycles. The van der Waals surface area contributed by atoms with Crippen LogP contribution >= 0.6 is 0 Å². The van der Waals surface area contributed by atoms with Gasteiger partial charge in [0.25, 0.3) is 0 Å². The van der Waals surface area contributed by atoms with Gasteiger partial charge in [0.2, 0.25) is 0 Å². The first-order valence-electron chi connectivity index (χ1n) is 7.95. The van der Waals surface area contributed by atoms with Crippen molar-refractivity contribution in [2.75, 3.05) is 19.5 Å². The summed E-state index contributed by atoms with van der Waals surface area (Å²) < 4.78 is 10.4. The first kappa shape index (κ1) is 17.7. The predicted molar refractivity (Wildman–Crippen MR) is 95.9 cm³/mol. The van der Waals surface area contributed by atoms with Crippen molar-refractivity contribution < 1.29 is 14.3 Å². The van der Waals surface area contributed by atoms with Crippen LogP contribution in [0.15, 0.2) is 48.5 Å². The minimum absolute atomic E-state index is 0.0673. The van der Waals surface area contributed by atoms with Gasteiger partial charge in [-0.2, -0.15) is 0 Å². The molecule has 5 nitrogen and oxygen atoms in total. The quantitative estimate of drug-likeness (QED) is 0.812. The number of rotatable bonds is 7. The van der Waals surface area contributed by atoms with E-state index in [9.17, 15) is 4.79 Å². The largest absolute Gasteiger partial charge is 0.497 e. The standard InChI is InChI=1S/C19H24N2O3/c1-14(9-10-15-7-5-4-6-8-15)20-19(22)21-16-11-17(23-2)13-18(12-16)24-3/h4-8,11-14H,9-10H2,1-3H3,(H2,20,21,22)/t14-/m1/s1.